The Bertz CT molecular complexity index is 567. The molecular weight excluding hydrogens is 302 g/mol. The number of rotatable bonds is 7. The number of nitrogens with one attached hydrogen (secondary N) is 2. The number of aliphatic imine (C=N–C) groups is 1. The van der Waals surface area contributed by atoms with Gasteiger partial charge in [0.05, 0.1) is 17.8 Å². The van der Waals surface area contributed by atoms with Gasteiger partial charge in [-0.15, -0.1) is 0 Å². The molecule has 0 aromatic carbocycles. The van der Waals surface area contributed by atoms with Crippen molar-refractivity contribution in [3.05, 3.63) is 24.2 Å². The Morgan fingerprint density at radius 3 is 3.00 bits per heavy atom. The molecule has 0 spiro atoms. The summed E-state index contributed by atoms with van der Waals surface area (Å²) in [5.74, 6) is 2.07. The molecule has 0 radical (unpaired) electrons. The summed E-state index contributed by atoms with van der Waals surface area (Å²) in [6.07, 6.45) is 5.18. The first kappa shape index (κ1) is 16.9. The highest BCUT2D eigenvalue weighted by atomic mass is 32.2. The Morgan fingerprint density at radius 1 is 1.50 bits per heavy atom. The first-order chi connectivity index (χ1) is 10.6. The highest BCUT2D eigenvalue weighted by molar-refractivity contribution is 7.91. The first-order valence-electron chi connectivity index (χ1n) is 7.87. The van der Waals surface area contributed by atoms with Crippen molar-refractivity contribution in [1.29, 1.82) is 0 Å². The topological polar surface area (TPSA) is 83.7 Å². The quantitative estimate of drug-likeness (QED) is 0.449. The minimum absolute atomic E-state index is 0.0403. The van der Waals surface area contributed by atoms with Gasteiger partial charge in [0.1, 0.15) is 5.76 Å². The molecule has 0 bridgehead atoms. The van der Waals surface area contributed by atoms with Crippen molar-refractivity contribution in [1.82, 2.24) is 10.6 Å². The van der Waals surface area contributed by atoms with Crippen LogP contribution in [0.15, 0.2) is 27.8 Å². The SMILES string of the molecule is CCCCN=C(NCCc1ccco1)NC1CCS(=O)(=O)C1. The van der Waals surface area contributed by atoms with Crippen molar-refractivity contribution in [3.63, 3.8) is 0 Å². The second-order valence-electron chi connectivity index (χ2n) is 5.58. The van der Waals surface area contributed by atoms with Gasteiger partial charge in [-0.05, 0) is 25.0 Å². The fourth-order valence-corrected chi connectivity index (χ4v) is 4.04. The lowest BCUT2D eigenvalue weighted by Gasteiger charge is -2.16. The lowest BCUT2D eigenvalue weighted by molar-refractivity contribution is 0.506. The lowest BCUT2D eigenvalue weighted by Crippen LogP contribution is -2.44. The molecule has 1 aromatic heterocycles. The van der Waals surface area contributed by atoms with E-state index < -0.39 is 9.84 Å². The van der Waals surface area contributed by atoms with Crippen molar-refractivity contribution in [2.24, 2.45) is 4.99 Å². The van der Waals surface area contributed by atoms with E-state index in [0.29, 0.717) is 18.9 Å². The van der Waals surface area contributed by atoms with Crippen LogP contribution in [-0.2, 0) is 16.3 Å². The summed E-state index contributed by atoms with van der Waals surface area (Å²) in [5, 5.41) is 6.49. The Labute approximate surface area is 132 Å². The fraction of sp³-hybridized carbons (Fsp3) is 0.667. The lowest BCUT2D eigenvalue weighted by atomic mass is 10.3. The van der Waals surface area contributed by atoms with Gasteiger partial charge in [-0.1, -0.05) is 13.3 Å². The van der Waals surface area contributed by atoms with Crippen LogP contribution in [0.5, 0.6) is 0 Å². The molecule has 0 saturated carbocycles. The van der Waals surface area contributed by atoms with E-state index in [9.17, 15) is 8.42 Å². The van der Waals surface area contributed by atoms with Crippen LogP contribution in [0.3, 0.4) is 0 Å². The maximum absolute atomic E-state index is 11.5. The van der Waals surface area contributed by atoms with Gasteiger partial charge in [0.25, 0.3) is 0 Å². The smallest absolute Gasteiger partial charge is 0.191 e. The van der Waals surface area contributed by atoms with Crippen LogP contribution in [0.4, 0.5) is 0 Å². The van der Waals surface area contributed by atoms with Crippen molar-refractivity contribution < 1.29 is 12.8 Å². The van der Waals surface area contributed by atoms with Gasteiger partial charge in [0.15, 0.2) is 15.8 Å². The van der Waals surface area contributed by atoms with E-state index in [0.717, 1.165) is 31.6 Å². The second-order valence-corrected chi connectivity index (χ2v) is 7.81. The third-order valence-corrected chi connectivity index (χ3v) is 5.37. The minimum atomic E-state index is -2.88. The molecule has 0 aliphatic carbocycles. The monoisotopic (exact) mass is 327 g/mol. The number of nitrogens with zero attached hydrogens (tertiary/aromatic N) is 1. The van der Waals surface area contributed by atoms with Crippen LogP contribution in [0.2, 0.25) is 0 Å². The van der Waals surface area contributed by atoms with Gasteiger partial charge in [-0.2, -0.15) is 0 Å². The Balaban J connectivity index is 1.84. The molecule has 1 aliphatic rings. The number of hydrogen-bond acceptors (Lipinski definition) is 4. The van der Waals surface area contributed by atoms with Crippen molar-refractivity contribution in [2.45, 2.75) is 38.6 Å². The number of unbranched alkanes of at least 4 members (excludes halogenated alkanes) is 1. The summed E-state index contributed by atoms with van der Waals surface area (Å²) in [4.78, 5) is 4.51. The summed E-state index contributed by atoms with van der Waals surface area (Å²) in [6.45, 7) is 3.56. The summed E-state index contributed by atoms with van der Waals surface area (Å²) in [7, 11) is -2.88. The zero-order valence-corrected chi connectivity index (χ0v) is 13.9. The highest BCUT2D eigenvalue weighted by Crippen LogP contribution is 2.11. The van der Waals surface area contributed by atoms with E-state index >= 15 is 0 Å². The molecule has 1 atom stereocenters. The summed E-state index contributed by atoms with van der Waals surface area (Å²) in [5.41, 5.74) is 0. The van der Waals surface area contributed by atoms with Crippen molar-refractivity contribution >= 4 is 15.8 Å². The number of furan rings is 1. The van der Waals surface area contributed by atoms with E-state index in [2.05, 4.69) is 22.5 Å². The highest BCUT2D eigenvalue weighted by Gasteiger charge is 2.28. The van der Waals surface area contributed by atoms with Crippen molar-refractivity contribution in [3.8, 4) is 0 Å². The van der Waals surface area contributed by atoms with Crippen LogP contribution in [0.1, 0.15) is 31.9 Å². The van der Waals surface area contributed by atoms with Crippen LogP contribution >= 0.6 is 0 Å². The van der Waals surface area contributed by atoms with E-state index in [4.69, 9.17) is 4.42 Å². The molecule has 124 valence electrons. The standard InChI is InChI=1S/C15H25N3O3S/c1-2-3-8-16-15(17-9-6-14-5-4-10-21-14)18-13-7-11-22(19,20)12-13/h4-5,10,13H,2-3,6-9,11-12H2,1H3,(H2,16,17,18). The normalized spacial score (nSPS) is 21.0. The van der Waals surface area contributed by atoms with Crippen molar-refractivity contribution in [2.75, 3.05) is 24.6 Å². The molecule has 22 heavy (non-hydrogen) atoms. The predicted octanol–water partition coefficient (Wildman–Crippen LogP) is 1.34. The zero-order valence-electron chi connectivity index (χ0n) is 13.0. The van der Waals surface area contributed by atoms with E-state index in [-0.39, 0.29) is 17.5 Å². The number of sulfone groups is 1. The van der Waals surface area contributed by atoms with Gasteiger partial charge in [-0.25, -0.2) is 8.42 Å². The summed E-state index contributed by atoms with van der Waals surface area (Å²) < 4.78 is 28.4. The van der Waals surface area contributed by atoms with Crippen LogP contribution in [0.25, 0.3) is 0 Å². The van der Waals surface area contributed by atoms with Gasteiger partial charge in [0, 0.05) is 25.6 Å². The number of guanidine groups is 1. The maximum atomic E-state index is 11.5. The Morgan fingerprint density at radius 2 is 2.36 bits per heavy atom. The van der Waals surface area contributed by atoms with Crippen LogP contribution in [-0.4, -0.2) is 45.0 Å². The predicted molar refractivity (Wildman–Crippen MR) is 87.8 cm³/mol. The first-order valence-corrected chi connectivity index (χ1v) is 9.69. The molecule has 2 heterocycles. The molecule has 6 nitrogen and oxygen atoms in total. The van der Waals surface area contributed by atoms with Gasteiger partial charge >= 0.3 is 0 Å². The molecule has 0 amide bonds. The maximum Gasteiger partial charge on any atom is 0.191 e. The average Bonchev–Trinajstić information content (AvgIpc) is 3.08. The molecule has 1 saturated heterocycles. The van der Waals surface area contributed by atoms with E-state index in [1.54, 1.807) is 6.26 Å². The van der Waals surface area contributed by atoms with Gasteiger partial charge in [-0.3, -0.25) is 4.99 Å². The van der Waals surface area contributed by atoms with Gasteiger partial charge < -0.3 is 15.1 Å². The summed E-state index contributed by atoms with van der Waals surface area (Å²) in [6, 6.07) is 3.77. The van der Waals surface area contributed by atoms with Crippen LogP contribution < -0.4 is 10.6 Å². The Kier molecular flexibility index (Phi) is 6.30. The van der Waals surface area contributed by atoms with Crippen LogP contribution in [0, 0.1) is 0 Å². The summed E-state index contributed by atoms with van der Waals surface area (Å²) >= 11 is 0. The van der Waals surface area contributed by atoms with Gasteiger partial charge in [0.2, 0.25) is 0 Å². The largest absolute Gasteiger partial charge is 0.469 e. The molecule has 2 N–H and O–H groups in total. The molecule has 2 rings (SSSR count). The number of hydrogen-bond donors (Lipinski definition) is 2. The van der Waals surface area contributed by atoms with E-state index in [1.807, 2.05) is 12.1 Å². The average molecular weight is 327 g/mol. The molecule has 1 aliphatic heterocycles. The third-order valence-electron chi connectivity index (χ3n) is 3.60. The third kappa shape index (κ3) is 5.71. The molecular formula is C15H25N3O3S. The molecule has 1 fully saturated rings. The fourth-order valence-electron chi connectivity index (χ4n) is 2.36. The van der Waals surface area contributed by atoms with E-state index in [1.165, 1.54) is 0 Å². The Hall–Kier alpha value is -1.50. The second kappa shape index (κ2) is 8.22. The molecule has 1 unspecified atom stereocenters. The minimum Gasteiger partial charge on any atom is -0.469 e. The molecule has 7 heteroatoms. The molecule has 1 aromatic rings. The zero-order chi connectivity index (χ0) is 15.8.